The van der Waals surface area contributed by atoms with E-state index >= 15 is 0 Å². The van der Waals surface area contributed by atoms with Crippen molar-refractivity contribution in [2.75, 3.05) is 11.9 Å². The number of carboxylic acids is 1. The molecule has 0 aliphatic rings. The van der Waals surface area contributed by atoms with Crippen LogP contribution in [0.3, 0.4) is 0 Å². The minimum atomic E-state index is -1.15. The van der Waals surface area contributed by atoms with Crippen molar-refractivity contribution in [3.63, 3.8) is 0 Å². The molecule has 1 rings (SSSR count). The van der Waals surface area contributed by atoms with Crippen LogP contribution >= 0.6 is 0 Å². The summed E-state index contributed by atoms with van der Waals surface area (Å²) in [6.45, 7) is 9.60. The maximum absolute atomic E-state index is 12.3. The summed E-state index contributed by atoms with van der Waals surface area (Å²) in [6.07, 6.45) is 1.61. The third-order valence-electron chi connectivity index (χ3n) is 2.85. The maximum atomic E-state index is 12.3. The van der Waals surface area contributed by atoms with E-state index in [1.54, 1.807) is 11.0 Å². The molecule has 0 atom stereocenters. The quantitative estimate of drug-likeness (QED) is 0.588. The Kier molecular flexibility index (Phi) is 4.97. The van der Waals surface area contributed by atoms with Gasteiger partial charge in [0.25, 0.3) is 0 Å². The number of phenolic OH excluding ortho intramolecular Hbond substituents is 1. The Labute approximate surface area is 123 Å². The van der Waals surface area contributed by atoms with Gasteiger partial charge in [-0.3, -0.25) is 0 Å². The first-order valence-corrected chi connectivity index (χ1v) is 6.42. The number of carbonyl (C=O) groups excluding carboxylic acids is 1. The van der Waals surface area contributed by atoms with Gasteiger partial charge in [0.1, 0.15) is 5.75 Å². The van der Waals surface area contributed by atoms with E-state index in [4.69, 9.17) is 5.11 Å². The highest BCUT2D eigenvalue weighted by atomic mass is 16.4. The Bertz CT molecular complexity index is 561. The number of carboxylic acid groups (broad SMARTS) is 1. The molecule has 2 amide bonds. The third-order valence-corrected chi connectivity index (χ3v) is 2.85. The van der Waals surface area contributed by atoms with Crippen LogP contribution in [-0.2, 0) is 0 Å². The van der Waals surface area contributed by atoms with Crippen molar-refractivity contribution < 1.29 is 19.8 Å². The van der Waals surface area contributed by atoms with Crippen molar-refractivity contribution >= 4 is 17.7 Å². The number of anilines is 1. The van der Waals surface area contributed by atoms with Gasteiger partial charge in [0.15, 0.2) is 0 Å². The minimum absolute atomic E-state index is 0.0516. The van der Waals surface area contributed by atoms with Gasteiger partial charge in [0.2, 0.25) is 0 Å². The van der Waals surface area contributed by atoms with Crippen LogP contribution in [0.1, 0.15) is 31.1 Å². The second kappa shape index (κ2) is 6.30. The van der Waals surface area contributed by atoms with Crippen LogP contribution in [0.25, 0.3) is 0 Å². The molecule has 6 nitrogen and oxygen atoms in total. The number of benzene rings is 1. The van der Waals surface area contributed by atoms with Crippen molar-refractivity contribution in [3.05, 3.63) is 36.4 Å². The summed E-state index contributed by atoms with van der Waals surface area (Å²) in [4.78, 5) is 24.6. The van der Waals surface area contributed by atoms with Crippen LogP contribution in [0, 0.1) is 0 Å². The molecule has 0 aliphatic carbocycles. The monoisotopic (exact) mass is 292 g/mol. The molecule has 0 radical (unpaired) electrons. The number of hydrogen-bond donors (Lipinski definition) is 3. The van der Waals surface area contributed by atoms with Crippen LogP contribution in [-0.4, -0.2) is 39.2 Å². The molecule has 0 aliphatic heterocycles. The lowest BCUT2D eigenvalue weighted by Crippen LogP contribution is -2.47. The van der Waals surface area contributed by atoms with Crippen LogP contribution in [0.15, 0.2) is 30.9 Å². The second-order valence-electron chi connectivity index (χ2n) is 5.54. The Morgan fingerprint density at radius 2 is 2.00 bits per heavy atom. The van der Waals surface area contributed by atoms with Crippen molar-refractivity contribution in [2.45, 2.75) is 26.3 Å². The van der Waals surface area contributed by atoms with E-state index in [9.17, 15) is 14.7 Å². The Hall–Kier alpha value is -2.50. The van der Waals surface area contributed by atoms with E-state index in [0.29, 0.717) is 6.54 Å². The molecule has 114 valence electrons. The lowest BCUT2D eigenvalue weighted by atomic mass is 10.1. The topological polar surface area (TPSA) is 89.9 Å². The number of hydrogen-bond acceptors (Lipinski definition) is 3. The first-order valence-electron chi connectivity index (χ1n) is 6.42. The number of aromatic carboxylic acids is 1. The molecule has 0 fully saturated rings. The molecular weight excluding hydrogens is 272 g/mol. The normalized spacial score (nSPS) is 10.8. The number of nitrogens with zero attached hydrogens (tertiary/aromatic N) is 1. The fourth-order valence-electron chi connectivity index (χ4n) is 1.74. The van der Waals surface area contributed by atoms with Gasteiger partial charge in [0, 0.05) is 12.1 Å². The predicted molar refractivity (Wildman–Crippen MR) is 80.7 cm³/mol. The van der Waals surface area contributed by atoms with Crippen molar-refractivity contribution in [1.82, 2.24) is 4.90 Å². The highest BCUT2D eigenvalue weighted by molar-refractivity contribution is 5.94. The highest BCUT2D eigenvalue weighted by Gasteiger charge is 2.25. The summed E-state index contributed by atoms with van der Waals surface area (Å²) in [5.74, 6) is -1.44. The zero-order valence-corrected chi connectivity index (χ0v) is 12.4. The summed E-state index contributed by atoms with van der Waals surface area (Å²) in [5, 5.41) is 21.2. The molecule has 3 N–H and O–H groups in total. The van der Waals surface area contributed by atoms with Gasteiger partial charge in [-0.15, -0.1) is 6.58 Å². The first kappa shape index (κ1) is 16.6. The van der Waals surface area contributed by atoms with E-state index in [1.165, 1.54) is 12.1 Å². The van der Waals surface area contributed by atoms with E-state index in [-0.39, 0.29) is 17.0 Å². The number of carbonyl (C=O) groups is 2. The Balaban J connectivity index is 2.96. The standard InChI is InChI=1S/C15H20N2O4/c1-5-8-17(15(2,3)4)14(21)16-11-7-6-10(13(19)20)9-12(11)18/h5-7,9,18H,1,8H2,2-4H3,(H,16,21)(H,19,20). The lowest BCUT2D eigenvalue weighted by molar-refractivity contribution is 0.0696. The molecule has 0 saturated heterocycles. The van der Waals surface area contributed by atoms with Crippen LogP contribution in [0.2, 0.25) is 0 Å². The van der Waals surface area contributed by atoms with E-state index < -0.39 is 17.5 Å². The molecule has 1 aromatic carbocycles. The van der Waals surface area contributed by atoms with Gasteiger partial charge in [0.05, 0.1) is 11.3 Å². The average molecular weight is 292 g/mol. The summed E-state index contributed by atoms with van der Waals surface area (Å²) >= 11 is 0. The molecule has 0 aromatic heterocycles. The SMILES string of the molecule is C=CCN(C(=O)Nc1ccc(C(=O)O)cc1O)C(C)(C)C. The molecule has 0 saturated carbocycles. The van der Waals surface area contributed by atoms with Gasteiger partial charge in [-0.1, -0.05) is 6.08 Å². The molecule has 6 heteroatoms. The fourth-order valence-corrected chi connectivity index (χ4v) is 1.74. The molecular formula is C15H20N2O4. The van der Waals surface area contributed by atoms with Gasteiger partial charge >= 0.3 is 12.0 Å². The van der Waals surface area contributed by atoms with Crippen molar-refractivity contribution in [3.8, 4) is 5.75 Å². The number of urea groups is 1. The van der Waals surface area contributed by atoms with Crippen LogP contribution in [0.5, 0.6) is 5.75 Å². The van der Waals surface area contributed by atoms with Gasteiger partial charge in [-0.25, -0.2) is 9.59 Å². The molecule has 0 bridgehead atoms. The summed E-state index contributed by atoms with van der Waals surface area (Å²) in [7, 11) is 0. The van der Waals surface area contributed by atoms with Gasteiger partial charge in [-0.2, -0.15) is 0 Å². The van der Waals surface area contributed by atoms with E-state index in [2.05, 4.69) is 11.9 Å². The smallest absolute Gasteiger partial charge is 0.335 e. The Morgan fingerprint density at radius 3 is 2.43 bits per heavy atom. The second-order valence-corrected chi connectivity index (χ2v) is 5.54. The molecule has 0 unspecified atom stereocenters. The zero-order chi connectivity index (χ0) is 16.2. The third kappa shape index (κ3) is 4.24. The predicted octanol–water partition coefficient (Wildman–Crippen LogP) is 2.91. The van der Waals surface area contributed by atoms with Gasteiger partial charge < -0.3 is 20.4 Å². The van der Waals surface area contributed by atoms with Gasteiger partial charge in [-0.05, 0) is 39.0 Å². The van der Waals surface area contributed by atoms with Crippen molar-refractivity contribution in [2.24, 2.45) is 0 Å². The molecule has 0 heterocycles. The molecule has 0 spiro atoms. The molecule has 21 heavy (non-hydrogen) atoms. The fraction of sp³-hybridized carbons (Fsp3) is 0.333. The number of nitrogens with one attached hydrogen (secondary N) is 1. The minimum Gasteiger partial charge on any atom is -0.506 e. The average Bonchev–Trinajstić information content (AvgIpc) is 2.36. The molecule has 1 aromatic rings. The maximum Gasteiger partial charge on any atom is 0.335 e. The largest absolute Gasteiger partial charge is 0.506 e. The van der Waals surface area contributed by atoms with E-state index in [1.807, 2.05) is 20.8 Å². The number of phenols is 1. The zero-order valence-electron chi connectivity index (χ0n) is 12.4. The summed E-state index contributed by atoms with van der Waals surface area (Å²) in [5.41, 5.74) is -0.317. The lowest BCUT2D eigenvalue weighted by Gasteiger charge is -2.34. The highest BCUT2D eigenvalue weighted by Crippen LogP contribution is 2.25. The first-order chi connectivity index (χ1) is 9.66. The van der Waals surface area contributed by atoms with Crippen LogP contribution in [0.4, 0.5) is 10.5 Å². The summed E-state index contributed by atoms with van der Waals surface area (Å²) < 4.78 is 0. The summed E-state index contributed by atoms with van der Waals surface area (Å²) in [6, 6.07) is 3.35. The van der Waals surface area contributed by atoms with Crippen molar-refractivity contribution in [1.29, 1.82) is 0 Å². The Morgan fingerprint density at radius 1 is 1.38 bits per heavy atom. The van der Waals surface area contributed by atoms with Crippen LogP contribution < -0.4 is 5.32 Å². The number of aromatic hydroxyl groups is 1. The van der Waals surface area contributed by atoms with E-state index in [0.717, 1.165) is 6.07 Å². The number of rotatable bonds is 4. The number of amides is 2.